The normalized spacial score (nSPS) is 12.0. The molecule has 6 heteroatoms. The average Bonchev–Trinajstić information content (AvgIpc) is 2.67. The van der Waals surface area contributed by atoms with Crippen molar-refractivity contribution in [3.63, 3.8) is 0 Å². The Labute approximate surface area is 93.7 Å². The molecule has 1 unspecified atom stereocenters. The maximum Gasteiger partial charge on any atom is 0.358 e. The van der Waals surface area contributed by atoms with Crippen LogP contribution in [-0.2, 0) is 6.54 Å². The molecule has 0 saturated carbocycles. The van der Waals surface area contributed by atoms with E-state index in [4.69, 9.17) is 11.5 Å². The first-order valence-corrected chi connectivity index (χ1v) is 4.93. The highest BCUT2D eigenvalue weighted by Crippen LogP contribution is 1.93. The fourth-order valence-electron chi connectivity index (χ4n) is 1.18. The number of aromatic carboxylic acids is 1. The summed E-state index contributed by atoms with van der Waals surface area (Å²) >= 11 is 0. The molecule has 1 atom stereocenters. The summed E-state index contributed by atoms with van der Waals surface area (Å²) in [6.07, 6.45) is 7.23. The van der Waals surface area contributed by atoms with E-state index in [2.05, 4.69) is 21.5 Å². The Hall–Kier alpha value is -1.87. The third-order valence-electron chi connectivity index (χ3n) is 2.02. The number of hydrogen-bond acceptors (Lipinski definition) is 4. The quantitative estimate of drug-likeness (QED) is 0.661. The second-order valence-electron chi connectivity index (χ2n) is 3.44. The molecule has 0 aromatic carbocycles. The standard InChI is InChI=1S/C10H14N4O2/c1-3-4-8(2)11-5-6-14-7-9(10(15)16)12-13-14/h1,7-8,11H,4-6H2,2H3,(H,15,16). The van der Waals surface area contributed by atoms with Gasteiger partial charge in [0.05, 0.1) is 12.7 Å². The highest BCUT2D eigenvalue weighted by atomic mass is 16.4. The van der Waals surface area contributed by atoms with Gasteiger partial charge in [-0.3, -0.25) is 4.68 Å². The van der Waals surface area contributed by atoms with E-state index >= 15 is 0 Å². The van der Waals surface area contributed by atoms with Gasteiger partial charge in [0.2, 0.25) is 0 Å². The summed E-state index contributed by atoms with van der Waals surface area (Å²) in [7, 11) is 0. The fourth-order valence-corrected chi connectivity index (χ4v) is 1.18. The Balaban J connectivity index is 2.32. The molecular weight excluding hydrogens is 208 g/mol. The lowest BCUT2D eigenvalue weighted by Crippen LogP contribution is -2.29. The summed E-state index contributed by atoms with van der Waals surface area (Å²) in [5.41, 5.74) is -0.0447. The molecule has 1 aromatic heterocycles. The molecule has 86 valence electrons. The predicted molar refractivity (Wildman–Crippen MR) is 57.9 cm³/mol. The predicted octanol–water partition coefficient (Wildman–Crippen LogP) is -0.0223. The Bertz CT molecular complexity index is 394. The van der Waals surface area contributed by atoms with Crippen LogP contribution in [0.4, 0.5) is 0 Å². The van der Waals surface area contributed by atoms with Crippen LogP contribution in [0.25, 0.3) is 0 Å². The molecular formula is C10H14N4O2. The first kappa shape index (κ1) is 12.2. The van der Waals surface area contributed by atoms with E-state index in [1.165, 1.54) is 10.9 Å². The maximum atomic E-state index is 10.5. The molecule has 16 heavy (non-hydrogen) atoms. The van der Waals surface area contributed by atoms with Gasteiger partial charge < -0.3 is 10.4 Å². The summed E-state index contributed by atoms with van der Waals surface area (Å²) in [5, 5.41) is 19.0. The van der Waals surface area contributed by atoms with Crippen molar-refractivity contribution in [1.82, 2.24) is 20.3 Å². The summed E-state index contributed by atoms with van der Waals surface area (Å²) in [6, 6.07) is 0.243. The van der Waals surface area contributed by atoms with Crippen molar-refractivity contribution in [2.45, 2.75) is 25.9 Å². The number of carboxylic acids is 1. The third kappa shape index (κ3) is 3.71. The SMILES string of the molecule is C#CCC(C)NCCn1cc(C(=O)O)nn1. The number of hydrogen-bond donors (Lipinski definition) is 2. The topological polar surface area (TPSA) is 80.0 Å². The van der Waals surface area contributed by atoms with E-state index in [9.17, 15) is 4.79 Å². The number of aromatic nitrogens is 3. The van der Waals surface area contributed by atoms with E-state index in [-0.39, 0.29) is 11.7 Å². The third-order valence-corrected chi connectivity index (χ3v) is 2.02. The van der Waals surface area contributed by atoms with Crippen molar-refractivity contribution >= 4 is 5.97 Å². The monoisotopic (exact) mass is 222 g/mol. The molecule has 0 aliphatic heterocycles. The number of carboxylic acid groups (broad SMARTS) is 1. The number of nitrogens with zero attached hydrogens (tertiary/aromatic N) is 3. The molecule has 0 spiro atoms. The number of rotatable bonds is 6. The van der Waals surface area contributed by atoms with Gasteiger partial charge >= 0.3 is 5.97 Å². The molecule has 0 aliphatic rings. The Morgan fingerprint density at radius 2 is 2.56 bits per heavy atom. The summed E-state index contributed by atoms with van der Waals surface area (Å²) in [5.74, 6) is 1.49. The van der Waals surface area contributed by atoms with Gasteiger partial charge in [-0.2, -0.15) is 0 Å². The van der Waals surface area contributed by atoms with Gasteiger partial charge in [0.1, 0.15) is 0 Å². The smallest absolute Gasteiger partial charge is 0.358 e. The Kier molecular flexibility index (Phi) is 4.48. The lowest BCUT2D eigenvalue weighted by atomic mass is 10.2. The first-order valence-electron chi connectivity index (χ1n) is 4.93. The van der Waals surface area contributed by atoms with E-state index in [0.717, 1.165) is 0 Å². The Morgan fingerprint density at radius 1 is 1.81 bits per heavy atom. The van der Waals surface area contributed by atoms with Crippen LogP contribution in [0.5, 0.6) is 0 Å². The van der Waals surface area contributed by atoms with Gasteiger partial charge in [-0.1, -0.05) is 5.21 Å². The lowest BCUT2D eigenvalue weighted by Gasteiger charge is -2.09. The van der Waals surface area contributed by atoms with Crippen LogP contribution < -0.4 is 5.32 Å². The minimum atomic E-state index is -1.07. The highest BCUT2D eigenvalue weighted by Gasteiger charge is 2.07. The zero-order valence-electron chi connectivity index (χ0n) is 9.05. The summed E-state index contributed by atoms with van der Waals surface area (Å²) in [4.78, 5) is 10.5. The first-order chi connectivity index (χ1) is 7.63. The van der Waals surface area contributed by atoms with Gasteiger partial charge in [-0.05, 0) is 6.92 Å². The minimum absolute atomic E-state index is 0.0447. The van der Waals surface area contributed by atoms with Crippen molar-refractivity contribution in [3.05, 3.63) is 11.9 Å². The molecule has 6 nitrogen and oxygen atoms in total. The molecule has 0 radical (unpaired) electrons. The van der Waals surface area contributed by atoms with Crippen LogP contribution in [0.1, 0.15) is 23.8 Å². The fraction of sp³-hybridized carbons (Fsp3) is 0.500. The highest BCUT2D eigenvalue weighted by molar-refractivity contribution is 5.84. The molecule has 0 saturated heterocycles. The molecule has 2 N–H and O–H groups in total. The van der Waals surface area contributed by atoms with E-state index in [1.807, 2.05) is 6.92 Å². The van der Waals surface area contributed by atoms with Crippen LogP contribution in [0.3, 0.4) is 0 Å². The average molecular weight is 222 g/mol. The molecule has 0 aliphatic carbocycles. The minimum Gasteiger partial charge on any atom is -0.476 e. The number of carbonyl (C=O) groups is 1. The van der Waals surface area contributed by atoms with Crippen molar-refractivity contribution in [3.8, 4) is 12.3 Å². The van der Waals surface area contributed by atoms with Gasteiger partial charge in [-0.15, -0.1) is 17.4 Å². The number of terminal acetylenes is 1. The van der Waals surface area contributed by atoms with Crippen LogP contribution in [0, 0.1) is 12.3 Å². The molecule has 1 aromatic rings. The van der Waals surface area contributed by atoms with Crippen molar-refractivity contribution < 1.29 is 9.90 Å². The van der Waals surface area contributed by atoms with Gasteiger partial charge in [-0.25, -0.2) is 4.79 Å². The molecule has 0 amide bonds. The van der Waals surface area contributed by atoms with E-state index in [0.29, 0.717) is 19.5 Å². The van der Waals surface area contributed by atoms with Crippen LogP contribution in [0.15, 0.2) is 6.20 Å². The molecule has 0 bridgehead atoms. The van der Waals surface area contributed by atoms with Crippen LogP contribution >= 0.6 is 0 Å². The van der Waals surface area contributed by atoms with Gasteiger partial charge in [0.15, 0.2) is 5.69 Å². The van der Waals surface area contributed by atoms with Gasteiger partial charge in [0, 0.05) is 19.0 Å². The zero-order valence-corrected chi connectivity index (χ0v) is 9.05. The van der Waals surface area contributed by atoms with Gasteiger partial charge in [0.25, 0.3) is 0 Å². The van der Waals surface area contributed by atoms with Crippen LogP contribution in [-0.4, -0.2) is 38.7 Å². The van der Waals surface area contributed by atoms with Crippen molar-refractivity contribution in [2.75, 3.05) is 6.54 Å². The molecule has 1 heterocycles. The molecule has 0 fully saturated rings. The maximum absolute atomic E-state index is 10.5. The van der Waals surface area contributed by atoms with E-state index < -0.39 is 5.97 Å². The van der Waals surface area contributed by atoms with Crippen molar-refractivity contribution in [2.24, 2.45) is 0 Å². The zero-order chi connectivity index (χ0) is 12.0. The largest absolute Gasteiger partial charge is 0.476 e. The molecule has 1 rings (SSSR count). The van der Waals surface area contributed by atoms with Crippen molar-refractivity contribution in [1.29, 1.82) is 0 Å². The van der Waals surface area contributed by atoms with E-state index in [1.54, 1.807) is 0 Å². The van der Waals surface area contributed by atoms with Crippen LogP contribution in [0.2, 0.25) is 0 Å². The lowest BCUT2D eigenvalue weighted by molar-refractivity contribution is 0.0690. The Morgan fingerprint density at radius 3 is 3.12 bits per heavy atom. The second kappa shape index (κ2) is 5.88. The second-order valence-corrected chi connectivity index (χ2v) is 3.44. The number of nitrogens with one attached hydrogen (secondary N) is 1. The summed E-state index contributed by atoms with van der Waals surface area (Å²) < 4.78 is 1.49. The summed E-state index contributed by atoms with van der Waals surface area (Å²) in [6.45, 7) is 3.23.